The maximum absolute atomic E-state index is 9.75. The largest absolute Gasteiger partial charge is 0.673 e. The van der Waals surface area contributed by atoms with Gasteiger partial charge >= 0.3 is 15.5 Å². The first-order valence-electron chi connectivity index (χ1n) is 20.1. The maximum atomic E-state index is 9.75. The fourth-order valence-corrected chi connectivity index (χ4v) is 9.61. The normalized spacial score (nSPS) is 13.0. The van der Waals surface area contributed by atoms with Gasteiger partial charge in [-0.05, 0) is 120 Å². The third-order valence-corrected chi connectivity index (χ3v) is 12.3. The van der Waals surface area contributed by atoms with Gasteiger partial charge in [-0.25, -0.2) is 0 Å². The summed E-state index contributed by atoms with van der Waals surface area (Å²) in [5.41, 5.74) is 6.03. The Morgan fingerprint density at radius 2 is 0.903 bits per heavy atom. The van der Waals surface area contributed by atoms with Gasteiger partial charge in [-0.3, -0.25) is 0 Å². The zero-order valence-corrected chi connectivity index (χ0v) is 36.8. The summed E-state index contributed by atoms with van der Waals surface area (Å²) >= 11 is 0. The van der Waals surface area contributed by atoms with Gasteiger partial charge in [0.1, 0.15) is 16.9 Å². The van der Waals surface area contributed by atoms with E-state index in [4.69, 9.17) is 12.9 Å². The van der Waals surface area contributed by atoms with Crippen LogP contribution in [0.5, 0.6) is 5.75 Å². The van der Waals surface area contributed by atoms with Crippen molar-refractivity contribution in [2.45, 2.75) is 25.7 Å². The van der Waals surface area contributed by atoms with E-state index in [-0.39, 0.29) is 19.5 Å². The topological polar surface area (TPSA) is 35.5 Å². The van der Waals surface area contributed by atoms with Crippen LogP contribution in [0.2, 0.25) is 0 Å². The van der Waals surface area contributed by atoms with Crippen molar-refractivity contribution in [2.24, 2.45) is 0 Å². The SMILES string of the molecule is F[B-](F)(F)F.[CH]1[CH]CC[CH][CH]CC1.[Rh].c1ccc(-c2cc(-c3ccccc3)pc(-c3ccccc3Op3oc4ccc5ccccc5c4c4c(ccc5ccccc54)o3)c2)cc1. The van der Waals surface area contributed by atoms with Crippen molar-refractivity contribution in [3.05, 3.63) is 196 Å². The minimum absolute atomic E-state index is 0. The van der Waals surface area contributed by atoms with E-state index in [9.17, 15) is 17.3 Å². The van der Waals surface area contributed by atoms with E-state index in [1.54, 1.807) is 0 Å². The molecule has 3 nitrogen and oxygen atoms in total. The maximum Gasteiger partial charge on any atom is 0.673 e. The molecule has 5 radical (unpaired) electrons. The Labute approximate surface area is 374 Å². The Bertz CT molecular complexity index is 2740. The Hall–Kier alpha value is -5.18. The van der Waals surface area contributed by atoms with Crippen LogP contribution in [0.25, 0.3) is 76.3 Å². The summed E-state index contributed by atoms with van der Waals surface area (Å²) in [6, 6.07) is 59.1. The molecule has 2 heterocycles. The van der Waals surface area contributed by atoms with Crippen molar-refractivity contribution in [3.8, 4) is 38.6 Å². The molecule has 0 spiro atoms. The molecule has 0 bridgehead atoms. The first-order valence-corrected chi connectivity index (χ1v) is 22.0. The molecular weight excluding hydrogens is 912 g/mol. The second-order valence-corrected chi connectivity index (χ2v) is 16.4. The first-order chi connectivity index (χ1) is 29.8. The van der Waals surface area contributed by atoms with E-state index in [2.05, 4.69) is 171 Å². The van der Waals surface area contributed by atoms with E-state index in [1.807, 2.05) is 24.3 Å². The first kappa shape index (κ1) is 44.9. The van der Waals surface area contributed by atoms with E-state index in [0.717, 1.165) is 73.8 Å². The van der Waals surface area contributed by atoms with Crippen LogP contribution >= 0.6 is 16.4 Å². The van der Waals surface area contributed by atoms with E-state index >= 15 is 0 Å². The van der Waals surface area contributed by atoms with Crippen molar-refractivity contribution in [3.63, 3.8) is 0 Å². The Balaban J connectivity index is 0.000000359. The van der Waals surface area contributed by atoms with Crippen LogP contribution in [-0.2, 0) is 19.5 Å². The number of rotatable bonds is 5. The van der Waals surface area contributed by atoms with Crippen molar-refractivity contribution < 1.29 is 49.7 Å². The molecule has 313 valence electrons. The minimum atomic E-state index is -6.00. The zero-order valence-electron chi connectivity index (χ0n) is 33.3. The monoisotopic (exact) mass is 952 g/mol. The van der Waals surface area contributed by atoms with Crippen LogP contribution in [0, 0.1) is 25.7 Å². The van der Waals surface area contributed by atoms with E-state index in [0.29, 0.717) is 0 Å². The summed E-state index contributed by atoms with van der Waals surface area (Å²) in [4.78, 5) is 0. The van der Waals surface area contributed by atoms with E-state index < -0.39 is 15.5 Å². The average molecular weight is 953 g/mol. The molecule has 10 rings (SSSR count). The number of hydrogen-bond donors (Lipinski definition) is 0. The quantitative estimate of drug-likeness (QED) is 0.127. The van der Waals surface area contributed by atoms with Gasteiger partial charge in [0.25, 0.3) is 0 Å². The molecule has 1 aliphatic rings. The molecule has 1 aliphatic carbocycles. The van der Waals surface area contributed by atoms with Gasteiger partial charge in [0.2, 0.25) is 0 Å². The van der Waals surface area contributed by atoms with Crippen LogP contribution in [0.1, 0.15) is 25.7 Å². The summed E-state index contributed by atoms with van der Waals surface area (Å²) in [5.74, 6) is 0.718. The molecule has 11 heteroatoms. The van der Waals surface area contributed by atoms with Crippen molar-refractivity contribution in [1.82, 2.24) is 0 Å². The van der Waals surface area contributed by atoms with Crippen LogP contribution in [-0.4, -0.2) is 7.25 Å². The smallest absolute Gasteiger partial charge is 0.418 e. The van der Waals surface area contributed by atoms with Crippen LogP contribution in [0.4, 0.5) is 17.3 Å². The van der Waals surface area contributed by atoms with Crippen LogP contribution in [0.15, 0.2) is 178 Å². The number of benzene rings is 7. The molecule has 9 aromatic rings. The molecule has 0 aliphatic heterocycles. The van der Waals surface area contributed by atoms with Gasteiger partial charge < -0.3 is 30.2 Å². The molecule has 0 atom stereocenters. The Kier molecular flexibility index (Phi) is 15.4. The summed E-state index contributed by atoms with van der Waals surface area (Å²) in [5, 5.41) is 8.95. The third-order valence-electron chi connectivity index (χ3n) is 10.0. The Morgan fingerprint density at radius 1 is 0.468 bits per heavy atom. The second kappa shape index (κ2) is 21.3. The van der Waals surface area contributed by atoms with Crippen molar-refractivity contribution in [1.29, 1.82) is 0 Å². The number of halogens is 4. The molecule has 1 fully saturated rings. The van der Waals surface area contributed by atoms with Gasteiger partial charge in [-0.2, -0.15) is 0 Å². The number of hydrogen-bond acceptors (Lipinski definition) is 3. The minimum Gasteiger partial charge on any atom is -0.418 e. The molecule has 0 N–H and O–H groups in total. The van der Waals surface area contributed by atoms with Gasteiger partial charge in [-0.15, -0.1) is 0 Å². The molecule has 2 aromatic heterocycles. The van der Waals surface area contributed by atoms with E-state index in [1.165, 1.54) is 42.1 Å². The second-order valence-electron chi connectivity index (χ2n) is 14.3. The molecule has 0 unspecified atom stereocenters. The molecular formula is C51H40BF4O3P2Rh-. The molecule has 7 aromatic carbocycles. The Morgan fingerprint density at radius 3 is 1.44 bits per heavy atom. The predicted octanol–water partition coefficient (Wildman–Crippen LogP) is 17.7. The molecule has 62 heavy (non-hydrogen) atoms. The van der Waals surface area contributed by atoms with Gasteiger partial charge in [0, 0.05) is 46.4 Å². The molecule has 0 saturated heterocycles. The summed E-state index contributed by atoms with van der Waals surface area (Å²) in [6.45, 7) is 0. The summed E-state index contributed by atoms with van der Waals surface area (Å²) in [6.07, 6.45) is 14.0. The summed E-state index contributed by atoms with van der Waals surface area (Å²) in [7, 11) is -6.76. The van der Waals surface area contributed by atoms with Gasteiger partial charge in [-0.1, -0.05) is 148 Å². The number of fused-ring (bicyclic) bond motifs is 7. The standard InChI is InChI=1S/C43H28O3P2.C8H12.BF4.Rh/c1-3-13-29(14-4-1)33-27-40(32-17-5-2-6-18-32)47-41(28-33)36-21-11-12-22-37(36)44-48-45-38-25-23-30-15-7-9-19-34(30)42(38)43-35-20-10-8-16-31(35)24-26-39(43)46-48;1-2-4-6-8-7-5-3-1;2-1(3,4)5;/h1-28H;1-2,7-8H,3-6H2;;/q;;-1;. The predicted molar refractivity (Wildman–Crippen MR) is 248 cm³/mol. The fraction of sp³-hybridized carbons (Fsp3) is 0.0784. The van der Waals surface area contributed by atoms with Crippen LogP contribution in [0.3, 0.4) is 0 Å². The van der Waals surface area contributed by atoms with Crippen molar-refractivity contribution in [2.75, 3.05) is 0 Å². The summed E-state index contributed by atoms with van der Waals surface area (Å²) < 4.78 is 59.2. The van der Waals surface area contributed by atoms with Crippen LogP contribution < -0.4 is 4.52 Å². The fourth-order valence-electron chi connectivity index (χ4n) is 7.30. The molecule has 0 amide bonds. The van der Waals surface area contributed by atoms with Crippen molar-refractivity contribution >= 4 is 67.2 Å². The zero-order chi connectivity index (χ0) is 42.0. The molecule has 1 saturated carbocycles. The average Bonchev–Trinajstić information content (AvgIpc) is 3.43. The van der Waals surface area contributed by atoms with Gasteiger partial charge in [0.15, 0.2) is 0 Å². The van der Waals surface area contributed by atoms with Gasteiger partial charge in [0.05, 0.1) is 0 Å². The third kappa shape index (κ3) is 11.4. The number of para-hydroxylation sites is 1.